The predicted octanol–water partition coefficient (Wildman–Crippen LogP) is 2.96. The quantitative estimate of drug-likeness (QED) is 0.928. The largest absolute Gasteiger partial charge is 0.378 e. The topological polar surface area (TPSA) is 45.2 Å². The zero-order valence-corrected chi connectivity index (χ0v) is 12.0. The van der Waals surface area contributed by atoms with Gasteiger partial charge in [-0.15, -0.1) is 0 Å². The molecule has 1 N–H and O–H groups in total. The Labute approximate surface area is 119 Å². The second-order valence-electron chi connectivity index (χ2n) is 4.91. The van der Waals surface area contributed by atoms with E-state index in [9.17, 15) is 4.79 Å². The van der Waals surface area contributed by atoms with Crippen molar-refractivity contribution in [3.8, 4) is 0 Å². The maximum absolute atomic E-state index is 11.9. The summed E-state index contributed by atoms with van der Waals surface area (Å²) in [5.41, 5.74) is 2.53. The van der Waals surface area contributed by atoms with Gasteiger partial charge in [-0.25, -0.2) is 0 Å². The van der Waals surface area contributed by atoms with Crippen LogP contribution < -0.4 is 5.32 Å². The van der Waals surface area contributed by atoms with Crippen molar-refractivity contribution in [3.05, 3.63) is 59.9 Å². The van der Waals surface area contributed by atoms with E-state index in [1.54, 1.807) is 26.4 Å². The molecule has 0 saturated carbocycles. The number of hydrogen-bond acceptors (Lipinski definition) is 3. The molecular formula is C16H19N3O. The van der Waals surface area contributed by atoms with Gasteiger partial charge in [-0.3, -0.25) is 9.78 Å². The van der Waals surface area contributed by atoms with Gasteiger partial charge in [0.1, 0.15) is 5.69 Å². The lowest BCUT2D eigenvalue weighted by atomic mass is 10.1. The van der Waals surface area contributed by atoms with Gasteiger partial charge in [0, 0.05) is 32.0 Å². The zero-order chi connectivity index (χ0) is 14.5. The molecule has 1 heterocycles. The van der Waals surface area contributed by atoms with Gasteiger partial charge in [0.25, 0.3) is 5.91 Å². The van der Waals surface area contributed by atoms with Crippen LogP contribution in [0.15, 0.2) is 48.7 Å². The average Bonchev–Trinajstić information content (AvgIpc) is 2.47. The fraction of sp³-hybridized carbons (Fsp3) is 0.250. The third-order valence-electron chi connectivity index (χ3n) is 3.07. The van der Waals surface area contributed by atoms with Crippen molar-refractivity contribution < 1.29 is 4.79 Å². The first-order chi connectivity index (χ1) is 9.58. The highest BCUT2D eigenvalue weighted by Gasteiger charge is 2.11. The van der Waals surface area contributed by atoms with E-state index in [-0.39, 0.29) is 11.9 Å². The molecule has 0 bridgehead atoms. The number of benzene rings is 1. The van der Waals surface area contributed by atoms with E-state index in [0.29, 0.717) is 5.69 Å². The summed E-state index contributed by atoms with van der Waals surface area (Å²) < 4.78 is 0. The normalized spacial score (nSPS) is 11.8. The van der Waals surface area contributed by atoms with Crippen molar-refractivity contribution in [1.29, 1.82) is 0 Å². The third-order valence-corrected chi connectivity index (χ3v) is 3.07. The molecule has 1 unspecified atom stereocenters. The van der Waals surface area contributed by atoms with E-state index in [1.165, 1.54) is 10.5 Å². The summed E-state index contributed by atoms with van der Waals surface area (Å²) in [6.07, 6.45) is 1.65. The van der Waals surface area contributed by atoms with Crippen LogP contribution in [0.25, 0.3) is 0 Å². The second kappa shape index (κ2) is 6.19. The monoisotopic (exact) mass is 269 g/mol. The second-order valence-corrected chi connectivity index (χ2v) is 4.91. The molecule has 0 aliphatic rings. The van der Waals surface area contributed by atoms with Gasteiger partial charge in [0.2, 0.25) is 0 Å². The van der Waals surface area contributed by atoms with Crippen molar-refractivity contribution >= 4 is 11.6 Å². The predicted molar refractivity (Wildman–Crippen MR) is 80.7 cm³/mol. The van der Waals surface area contributed by atoms with Gasteiger partial charge in [-0.05, 0) is 24.6 Å². The first-order valence-corrected chi connectivity index (χ1v) is 6.57. The molecule has 1 amide bonds. The molecular weight excluding hydrogens is 250 g/mol. The number of hydrogen-bond donors (Lipinski definition) is 1. The number of nitrogens with zero attached hydrogens (tertiary/aromatic N) is 2. The van der Waals surface area contributed by atoms with Crippen molar-refractivity contribution in [1.82, 2.24) is 9.88 Å². The number of carbonyl (C=O) groups excluding carboxylic acids is 1. The minimum Gasteiger partial charge on any atom is -0.378 e. The highest BCUT2D eigenvalue weighted by Crippen LogP contribution is 2.19. The Morgan fingerprint density at radius 1 is 1.20 bits per heavy atom. The van der Waals surface area contributed by atoms with Crippen LogP contribution in [0.3, 0.4) is 0 Å². The minimum atomic E-state index is -0.0963. The Bertz CT molecular complexity index is 581. The van der Waals surface area contributed by atoms with Crippen LogP contribution in [0.5, 0.6) is 0 Å². The molecule has 104 valence electrons. The Balaban J connectivity index is 2.14. The Kier molecular flexibility index (Phi) is 4.35. The van der Waals surface area contributed by atoms with E-state index in [0.717, 1.165) is 5.69 Å². The first kappa shape index (κ1) is 14.1. The molecule has 0 aliphatic carbocycles. The Morgan fingerprint density at radius 3 is 2.55 bits per heavy atom. The molecule has 4 nitrogen and oxygen atoms in total. The maximum atomic E-state index is 11.9. The van der Waals surface area contributed by atoms with Crippen LogP contribution in [0, 0.1) is 0 Å². The van der Waals surface area contributed by atoms with Crippen LogP contribution in [0.4, 0.5) is 5.69 Å². The van der Waals surface area contributed by atoms with Crippen LogP contribution in [0.2, 0.25) is 0 Å². The molecule has 1 aromatic carbocycles. The van der Waals surface area contributed by atoms with E-state index >= 15 is 0 Å². The SMILES string of the molecule is CC(Nc1ccnc(C(=O)N(C)C)c1)c1ccccc1. The summed E-state index contributed by atoms with van der Waals surface area (Å²) >= 11 is 0. The Morgan fingerprint density at radius 2 is 1.90 bits per heavy atom. The molecule has 0 spiro atoms. The average molecular weight is 269 g/mol. The van der Waals surface area contributed by atoms with Gasteiger partial charge >= 0.3 is 0 Å². The molecule has 2 rings (SSSR count). The van der Waals surface area contributed by atoms with E-state index < -0.39 is 0 Å². The number of nitrogens with one attached hydrogen (secondary N) is 1. The van der Waals surface area contributed by atoms with Crippen molar-refractivity contribution in [2.45, 2.75) is 13.0 Å². The fourth-order valence-corrected chi connectivity index (χ4v) is 1.94. The van der Waals surface area contributed by atoms with Gasteiger partial charge in [0.15, 0.2) is 0 Å². The van der Waals surface area contributed by atoms with Crippen LogP contribution >= 0.6 is 0 Å². The van der Waals surface area contributed by atoms with Crippen molar-refractivity contribution in [2.75, 3.05) is 19.4 Å². The molecule has 2 aromatic rings. The number of pyridine rings is 1. The number of anilines is 1. The van der Waals surface area contributed by atoms with E-state index in [2.05, 4.69) is 29.4 Å². The lowest BCUT2D eigenvalue weighted by Crippen LogP contribution is -2.22. The van der Waals surface area contributed by atoms with Crippen LogP contribution in [-0.2, 0) is 0 Å². The number of carbonyl (C=O) groups is 1. The van der Waals surface area contributed by atoms with Gasteiger partial charge in [-0.1, -0.05) is 30.3 Å². The minimum absolute atomic E-state index is 0.0963. The summed E-state index contributed by atoms with van der Waals surface area (Å²) in [5.74, 6) is -0.0963. The molecule has 1 aromatic heterocycles. The van der Waals surface area contributed by atoms with Crippen molar-refractivity contribution in [2.24, 2.45) is 0 Å². The molecule has 0 radical (unpaired) electrons. The number of aromatic nitrogens is 1. The molecule has 0 aliphatic heterocycles. The van der Waals surface area contributed by atoms with Gasteiger partial charge < -0.3 is 10.2 Å². The van der Waals surface area contributed by atoms with Crippen molar-refractivity contribution in [3.63, 3.8) is 0 Å². The summed E-state index contributed by atoms with van der Waals surface area (Å²) in [4.78, 5) is 17.5. The number of amides is 1. The zero-order valence-electron chi connectivity index (χ0n) is 12.0. The van der Waals surface area contributed by atoms with Crippen LogP contribution in [-0.4, -0.2) is 29.9 Å². The fourth-order valence-electron chi connectivity index (χ4n) is 1.94. The maximum Gasteiger partial charge on any atom is 0.272 e. The summed E-state index contributed by atoms with van der Waals surface area (Å²) in [7, 11) is 3.44. The summed E-state index contributed by atoms with van der Waals surface area (Å²) in [5, 5.41) is 3.38. The first-order valence-electron chi connectivity index (χ1n) is 6.57. The van der Waals surface area contributed by atoms with Gasteiger partial charge in [-0.2, -0.15) is 0 Å². The summed E-state index contributed by atoms with van der Waals surface area (Å²) in [6.45, 7) is 2.09. The van der Waals surface area contributed by atoms with Gasteiger partial charge in [0.05, 0.1) is 0 Å². The highest BCUT2D eigenvalue weighted by molar-refractivity contribution is 5.92. The molecule has 0 fully saturated rings. The molecule has 20 heavy (non-hydrogen) atoms. The summed E-state index contributed by atoms with van der Waals surface area (Å²) in [6, 6.07) is 14.0. The lowest BCUT2D eigenvalue weighted by molar-refractivity contribution is 0.0822. The molecule has 0 saturated heterocycles. The molecule has 4 heteroatoms. The van der Waals surface area contributed by atoms with Crippen LogP contribution in [0.1, 0.15) is 29.0 Å². The Hall–Kier alpha value is -2.36. The third kappa shape index (κ3) is 3.35. The number of rotatable bonds is 4. The van der Waals surface area contributed by atoms with E-state index in [1.807, 2.05) is 24.3 Å². The molecule has 1 atom stereocenters. The highest BCUT2D eigenvalue weighted by atomic mass is 16.2. The smallest absolute Gasteiger partial charge is 0.272 e. The van der Waals surface area contributed by atoms with E-state index in [4.69, 9.17) is 0 Å². The lowest BCUT2D eigenvalue weighted by Gasteiger charge is -2.16. The standard InChI is InChI=1S/C16H19N3O/c1-12(13-7-5-4-6-8-13)18-14-9-10-17-15(11-14)16(20)19(2)3/h4-12H,1-3H3,(H,17,18).